The third-order valence-corrected chi connectivity index (χ3v) is 7.94. The molecule has 160 valence electrons. The SMILES string of the molecule is CC(C)(O)c1ccnc(-c2cnc(N3CC4(CC4)c4ccc(P(C)(C)=O)cc43)nc2)c1. The van der Waals surface area contributed by atoms with Crippen LogP contribution in [0.4, 0.5) is 11.6 Å². The van der Waals surface area contributed by atoms with Gasteiger partial charge < -0.3 is 14.6 Å². The topological polar surface area (TPSA) is 79.2 Å². The molecule has 0 saturated heterocycles. The van der Waals surface area contributed by atoms with Crippen LogP contribution in [-0.2, 0) is 15.6 Å². The Balaban J connectivity index is 1.50. The normalized spacial score (nSPS) is 17.1. The van der Waals surface area contributed by atoms with Gasteiger partial charge in [0.15, 0.2) is 0 Å². The van der Waals surface area contributed by atoms with E-state index in [0.29, 0.717) is 5.95 Å². The van der Waals surface area contributed by atoms with Gasteiger partial charge in [-0.25, -0.2) is 9.97 Å². The molecule has 0 amide bonds. The summed E-state index contributed by atoms with van der Waals surface area (Å²) in [7, 11) is -2.35. The molecule has 1 spiro atoms. The number of pyridine rings is 1. The van der Waals surface area contributed by atoms with Crippen LogP contribution in [0.2, 0.25) is 0 Å². The molecule has 5 rings (SSSR count). The molecule has 3 aromatic rings. The average Bonchev–Trinajstić information content (AvgIpc) is 3.43. The molecular formula is C24H27N4O2P. The Morgan fingerprint density at radius 2 is 1.77 bits per heavy atom. The predicted octanol–water partition coefficient (Wildman–Crippen LogP) is 4.20. The second kappa shape index (κ2) is 6.72. The van der Waals surface area contributed by atoms with E-state index in [0.717, 1.165) is 47.2 Å². The molecule has 7 heteroatoms. The van der Waals surface area contributed by atoms with Crippen molar-refractivity contribution >= 4 is 24.1 Å². The van der Waals surface area contributed by atoms with Crippen LogP contribution in [0.25, 0.3) is 11.3 Å². The number of benzene rings is 1. The van der Waals surface area contributed by atoms with Crippen molar-refractivity contribution < 1.29 is 9.67 Å². The fourth-order valence-corrected chi connectivity index (χ4v) is 5.19. The number of aliphatic hydroxyl groups is 1. The molecular weight excluding hydrogens is 407 g/mol. The van der Waals surface area contributed by atoms with Gasteiger partial charge in [-0.15, -0.1) is 0 Å². The second-order valence-corrected chi connectivity index (χ2v) is 12.9. The first-order valence-corrected chi connectivity index (χ1v) is 13.2. The highest BCUT2D eigenvalue weighted by Crippen LogP contribution is 2.58. The standard InChI is InChI=1S/C24H27N4O2P/c1-23(2,29)17-7-10-25-20(11-17)16-13-26-22(27-14-16)28-15-24(8-9-24)19-6-5-18(12-21(19)28)31(3,4)30/h5-7,10-14,29H,8-9,15H2,1-4H3. The van der Waals surface area contributed by atoms with Crippen molar-refractivity contribution in [2.24, 2.45) is 0 Å². The fourth-order valence-electron chi connectivity index (χ4n) is 4.32. The number of nitrogens with zero attached hydrogens (tertiary/aromatic N) is 4. The molecule has 1 N–H and O–H groups in total. The summed E-state index contributed by atoms with van der Waals surface area (Å²) in [5, 5.41) is 11.2. The highest BCUT2D eigenvalue weighted by molar-refractivity contribution is 7.70. The summed E-state index contributed by atoms with van der Waals surface area (Å²) in [5.74, 6) is 0.645. The van der Waals surface area contributed by atoms with Gasteiger partial charge in [0.2, 0.25) is 5.95 Å². The van der Waals surface area contributed by atoms with Gasteiger partial charge in [-0.2, -0.15) is 0 Å². The van der Waals surface area contributed by atoms with Gasteiger partial charge in [0, 0.05) is 47.1 Å². The van der Waals surface area contributed by atoms with E-state index >= 15 is 0 Å². The Labute approximate surface area is 182 Å². The maximum atomic E-state index is 12.7. The van der Waals surface area contributed by atoms with Crippen molar-refractivity contribution in [1.82, 2.24) is 15.0 Å². The number of rotatable bonds is 4. The minimum absolute atomic E-state index is 0.184. The van der Waals surface area contributed by atoms with Crippen LogP contribution < -0.4 is 10.2 Å². The smallest absolute Gasteiger partial charge is 0.229 e. The molecule has 3 heterocycles. The summed E-state index contributed by atoms with van der Waals surface area (Å²) >= 11 is 0. The Morgan fingerprint density at radius 1 is 1.06 bits per heavy atom. The fraction of sp³-hybridized carbons (Fsp3) is 0.375. The molecule has 0 unspecified atom stereocenters. The van der Waals surface area contributed by atoms with Gasteiger partial charge >= 0.3 is 0 Å². The van der Waals surface area contributed by atoms with Gasteiger partial charge in [0.25, 0.3) is 0 Å². The molecule has 1 aromatic carbocycles. The van der Waals surface area contributed by atoms with Crippen molar-refractivity contribution in [2.75, 3.05) is 24.8 Å². The molecule has 31 heavy (non-hydrogen) atoms. The van der Waals surface area contributed by atoms with Crippen LogP contribution in [0.3, 0.4) is 0 Å². The maximum absolute atomic E-state index is 12.7. The molecule has 6 nitrogen and oxygen atoms in total. The van der Waals surface area contributed by atoms with Gasteiger partial charge in [-0.05, 0) is 69.3 Å². The summed E-state index contributed by atoms with van der Waals surface area (Å²) in [6.45, 7) is 7.98. The first kappa shape index (κ1) is 20.3. The van der Waals surface area contributed by atoms with Crippen LogP contribution in [0, 0.1) is 0 Å². The summed E-state index contributed by atoms with van der Waals surface area (Å²) in [6.07, 6.45) is 7.59. The van der Waals surface area contributed by atoms with E-state index in [1.165, 1.54) is 5.56 Å². The Bertz CT molecular complexity index is 1210. The Morgan fingerprint density at radius 3 is 2.39 bits per heavy atom. The van der Waals surface area contributed by atoms with Crippen LogP contribution in [0.5, 0.6) is 0 Å². The average molecular weight is 434 g/mol. The van der Waals surface area contributed by atoms with Gasteiger partial charge in [0.1, 0.15) is 7.14 Å². The van der Waals surface area contributed by atoms with E-state index in [9.17, 15) is 9.67 Å². The third kappa shape index (κ3) is 3.58. The summed E-state index contributed by atoms with van der Waals surface area (Å²) in [6, 6.07) is 9.92. The lowest BCUT2D eigenvalue weighted by Gasteiger charge is -2.19. The number of anilines is 2. The lowest BCUT2D eigenvalue weighted by Crippen LogP contribution is -2.21. The molecule has 2 aliphatic rings. The van der Waals surface area contributed by atoms with E-state index in [4.69, 9.17) is 0 Å². The van der Waals surface area contributed by atoms with Crippen molar-refractivity contribution in [3.05, 3.63) is 60.0 Å². The molecule has 0 atom stereocenters. The quantitative estimate of drug-likeness (QED) is 0.620. The van der Waals surface area contributed by atoms with E-state index in [1.54, 1.807) is 45.8 Å². The maximum Gasteiger partial charge on any atom is 0.229 e. The van der Waals surface area contributed by atoms with Crippen molar-refractivity contribution in [2.45, 2.75) is 37.7 Å². The van der Waals surface area contributed by atoms with E-state index in [-0.39, 0.29) is 5.41 Å². The first-order chi connectivity index (χ1) is 14.6. The van der Waals surface area contributed by atoms with Crippen molar-refractivity contribution in [1.29, 1.82) is 0 Å². The number of hydrogen-bond acceptors (Lipinski definition) is 6. The van der Waals surface area contributed by atoms with Gasteiger partial charge in [-0.1, -0.05) is 12.1 Å². The second-order valence-electron chi connectivity index (χ2n) is 9.68. The van der Waals surface area contributed by atoms with Gasteiger partial charge in [-0.3, -0.25) is 4.98 Å². The van der Waals surface area contributed by atoms with Crippen LogP contribution in [0.1, 0.15) is 37.8 Å². The van der Waals surface area contributed by atoms with Gasteiger partial charge in [0.05, 0.1) is 11.3 Å². The lowest BCUT2D eigenvalue weighted by atomic mass is 9.98. The number of aromatic nitrogens is 3. The zero-order valence-corrected chi connectivity index (χ0v) is 19.2. The highest BCUT2D eigenvalue weighted by Gasteiger charge is 2.52. The minimum atomic E-state index is -2.35. The van der Waals surface area contributed by atoms with Crippen LogP contribution >= 0.6 is 7.14 Å². The molecule has 1 fully saturated rings. The molecule has 0 radical (unpaired) electrons. The molecule has 1 aliphatic carbocycles. The van der Waals surface area contributed by atoms with E-state index < -0.39 is 12.7 Å². The van der Waals surface area contributed by atoms with E-state index in [1.807, 2.05) is 18.2 Å². The predicted molar refractivity (Wildman–Crippen MR) is 124 cm³/mol. The van der Waals surface area contributed by atoms with Crippen molar-refractivity contribution in [3.8, 4) is 11.3 Å². The lowest BCUT2D eigenvalue weighted by molar-refractivity contribution is 0.0785. The Hall–Kier alpha value is -2.56. The zero-order valence-electron chi connectivity index (χ0n) is 18.3. The monoisotopic (exact) mass is 434 g/mol. The molecule has 1 saturated carbocycles. The molecule has 0 bridgehead atoms. The number of hydrogen-bond donors (Lipinski definition) is 1. The summed E-state index contributed by atoms with van der Waals surface area (Å²) in [4.78, 5) is 15.9. The first-order valence-electron chi connectivity index (χ1n) is 10.6. The summed E-state index contributed by atoms with van der Waals surface area (Å²) < 4.78 is 12.7. The van der Waals surface area contributed by atoms with Crippen LogP contribution in [0.15, 0.2) is 48.9 Å². The minimum Gasteiger partial charge on any atom is -0.386 e. The Kier molecular flexibility index (Phi) is 4.41. The van der Waals surface area contributed by atoms with Crippen LogP contribution in [-0.4, -0.2) is 39.9 Å². The van der Waals surface area contributed by atoms with E-state index in [2.05, 4.69) is 32.0 Å². The largest absolute Gasteiger partial charge is 0.386 e. The summed E-state index contributed by atoms with van der Waals surface area (Å²) in [5.41, 5.74) is 3.96. The zero-order chi connectivity index (χ0) is 22.0. The third-order valence-electron chi connectivity index (χ3n) is 6.42. The number of fused-ring (bicyclic) bond motifs is 2. The molecule has 1 aliphatic heterocycles. The molecule has 2 aromatic heterocycles. The van der Waals surface area contributed by atoms with Crippen molar-refractivity contribution in [3.63, 3.8) is 0 Å². The highest BCUT2D eigenvalue weighted by atomic mass is 31.2.